The van der Waals surface area contributed by atoms with Gasteiger partial charge in [0.1, 0.15) is 18.4 Å². The molecular formula is C21H22Cl2F3N3O4. The largest absolute Gasteiger partial charge is 0.573 e. The molecule has 7 nitrogen and oxygen atoms in total. The van der Waals surface area contributed by atoms with E-state index in [4.69, 9.17) is 32.9 Å². The Morgan fingerprint density at radius 3 is 2.55 bits per heavy atom. The molecule has 1 unspecified atom stereocenters. The van der Waals surface area contributed by atoms with Crippen molar-refractivity contribution in [2.24, 2.45) is 5.16 Å². The maximum Gasteiger partial charge on any atom is 0.573 e. The van der Waals surface area contributed by atoms with E-state index in [0.717, 1.165) is 11.6 Å². The molecule has 0 saturated carbocycles. The van der Waals surface area contributed by atoms with Gasteiger partial charge in [-0.1, -0.05) is 46.6 Å². The summed E-state index contributed by atoms with van der Waals surface area (Å²) in [6, 6.07) is 6.73. The van der Waals surface area contributed by atoms with Crippen molar-refractivity contribution in [1.29, 1.82) is 0 Å². The SMILES string of the molecule is CNC(=O)C(NOC)c1cccc(C)c1CO/N=C(\C)c1c(Cl)cc(Cl)cc1OC(F)(F)F. The molecule has 0 saturated heterocycles. The quantitative estimate of drug-likeness (QED) is 0.365. The summed E-state index contributed by atoms with van der Waals surface area (Å²) in [5.41, 5.74) is 4.56. The van der Waals surface area contributed by atoms with Crippen molar-refractivity contribution in [2.75, 3.05) is 14.2 Å². The summed E-state index contributed by atoms with van der Waals surface area (Å²) in [7, 11) is 2.87. The highest BCUT2D eigenvalue weighted by Gasteiger charge is 2.33. The Morgan fingerprint density at radius 2 is 1.94 bits per heavy atom. The highest BCUT2D eigenvalue weighted by atomic mass is 35.5. The standard InChI is InChI=1S/C21H22Cl2F3N3O4/c1-11-6-5-7-14(19(29-31-4)20(30)27-3)15(11)10-32-28-12(2)18-16(23)8-13(22)9-17(18)33-21(24,25)26/h5-9,19,29H,10H2,1-4H3,(H,27,30)/b28-12+. The number of amides is 1. The van der Waals surface area contributed by atoms with Gasteiger partial charge in [-0.05, 0) is 37.1 Å². The van der Waals surface area contributed by atoms with Crippen LogP contribution in [0.3, 0.4) is 0 Å². The Balaban J connectivity index is 2.36. The number of benzene rings is 2. The van der Waals surface area contributed by atoms with Crippen LogP contribution in [0.15, 0.2) is 35.5 Å². The Bertz CT molecular complexity index is 1030. The zero-order chi connectivity index (χ0) is 24.8. The molecule has 0 bridgehead atoms. The topological polar surface area (TPSA) is 81.2 Å². The third-order valence-corrected chi connectivity index (χ3v) is 5.03. The highest BCUT2D eigenvalue weighted by molar-refractivity contribution is 6.37. The summed E-state index contributed by atoms with van der Waals surface area (Å²) >= 11 is 11.9. The molecule has 12 heteroatoms. The fourth-order valence-corrected chi connectivity index (χ4v) is 3.67. The molecule has 0 radical (unpaired) electrons. The van der Waals surface area contributed by atoms with Crippen LogP contribution in [-0.2, 0) is 21.1 Å². The second kappa shape index (κ2) is 11.6. The summed E-state index contributed by atoms with van der Waals surface area (Å²) in [5, 5.41) is 6.33. The van der Waals surface area contributed by atoms with Gasteiger partial charge in [0.25, 0.3) is 0 Å². The first-order valence-corrected chi connectivity index (χ1v) is 10.2. The maximum atomic E-state index is 12.8. The van der Waals surface area contributed by atoms with Gasteiger partial charge in [0, 0.05) is 17.6 Å². The van der Waals surface area contributed by atoms with E-state index in [2.05, 4.69) is 20.7 Å². The maximum absolute atomic E-state index is 12.8. The van der Waals surface area contributed by atoms with E-state index in [1.165, 1.54) is 27.1 Å². The molecule has 2 aromatic rings. The molecule has 0 aliphatic rings. The predicted molar refractivity (Wildman–Crippen MR) is 118 cm³/mol. The molecule has 0 heterocycles. The van der Waals surface area contributed by atoms with Gasteiger partial charge >= 0.3 is 6.36 Å². The average molecular weight is 508 g/mol. The number of ether oxygens (including phenoxy) is 1. The zero-order valence-corrected chi connectivity index (χ0v) is 19.7. The molecule has 0 aliphatic carbocycles. The first kappa shape index (κ1) is 26.7. The fraction of sp³-hybridized carbons (Fsp3) is 0.333. The lowest BCUT2D eigenvalue weighted by atomic mass is 9.96. The molecule has 0 aliphatic heterocycles. The van der Waals surface area contributed by atoms with E-state index < -0.39 is 18.2 Å². The smallest absolute Gasteiger partial charge is 0.405 e. The molecule has 180 valence electrons. The molecule has 33 heavy (non-hydrogen) atoms. The van der Waals surface area contributed by atoms with Crippen molar-refractivity contribution in [3.8, 4) is 5.75 Å². The van der Waals surface area contributed by atoms with Crippen molar-refractivity contribution in [3.05, 3.63) is 62.6 Å². The number of carbonyl (C=O) groups excluding carboxylic acids is 1. The molecular weight excluding hydrogens is 486 g/mol. The summed E-state index contributed by atoms with van der Waals surface area (Å²) in [6.07, 6.45) is -4.96. The molecule has 1 amide bonds. The van der Waals surface area contributed by atoms with E-state index in [0.29, 0.717) is 11.1 Å². The number of carbonyl (C=O) groups is 1. The van der Waals surface area contributed by atoms with Gasteiger partial charge in [0.15, 0.2) is 0 Å². The number of hydrogen-bond donors (Lipinski definition) is 2. The molecule has 0 spiro atoms. The van der Waals surface area contributed by atoms with Crippen molar-refractivity contribution in [2.45, 2.75) is 32.9 Å². The Hall–Kier alpha value is -2.53. The number of alkyl halides is 3. The van der Waals surface area contributed by atoms with Crippen molar-refractivity contribution < 1.29 is 32.4 Å². The summed E-state index contributed by atoms with van der Waals surface area (Å²) in [4.78, 5) is 22.7. The van der Waals surface area contributed by atoms with Crippen LogP contribution in [0.25, 0.3) is 0 Å². The Labute approximate surface area is 198 Å². The van der Waals surface area contributed by atoms with Crippen LogP contribution in [0.4, 0.5) is 13.2 Å². The van der Waals surface area contributed by atoms with Crippen LogP contribution in [0, 0.1) is 6.92 Å². The molecule has 2 aromatic carbocycles. The third kappa shape index (κ3) is 7.23. The Kier molecular flexibility index (Phi) is 9.35. The summed E-state index contributed by atoms with van der Waals surface area (Å²) < 4.78 is 42.5. The molecule has 1 atom stereocenters. The first-order valence-electron chi connectivity index (χ1n) is 9.48. The van der Waals surface area contributed by atoms with Crippen molar-refractivity contribution in [3.63, 3.8) is 0 Å². The van der Waals surface area contributed by atoms with Gasteiger partial charge < -0.3 is 19.7 Å². The first-order chi connectivity index (χ1) is 15.5. The van der Waals surface area contributed by atoms with Crippen LogP contribution in [0.2, 0.25) is 10.0 Å². The van der Waals surface area contributed by atoms with E-state index in [9.17, 15) is 18.0 Å². The lowest BCUT2D eigenvalue weighted by Gasteiger charge is -2.20. The molecule has 0 fully saturated rings. The number of likely N-dealkylation sites (N-methyl/N-ethyl adjacent to an activating group) is 1. The second-order valence-electron chi connectivity index (χ2n) is 6.77. The monoisotopic (exact) mass is 507 g/mol. The van der Waals surface area contributed by atoms with E-state index in [-0.39, 0.29) is 33.8 Å². The number of hydrogen-bond acceptors (Lipinski definition) is 6. The van der Waals surface area contributed by atoms with Gasteiger partial charge in [-0.25, -0.2) is 0 Å². The molecule has 2 N–H and O–H groups in total. The number of hydroxylamine groups is 1. The van der Waals surface area contributed by atoms with Gasteiger partial charge in [-0.15, -0.1) is 13.2 Å². The fourth-order valence-electron chi connectivity index (χ4n) is 3.06. The van der Waals surface area contributed by atoms with Gasteiger partial charge in [0.2, 0.25) is 5.91 Å². The predicted octanol–water partition coefficient (Wildman–Crippen LogP) is 5.08. The van der Waals surface area contributed by atoms with Crippen LogP contribution in [0.5, 0.6) is 5.75 Å². The minimum atomic E-state index is -4.96. The van der Waals surface area contributed by atoms with E-state index >= 15 is 0 Å². The van der Waals surface area contributed by atoms with E-state index in [1.807, 2.05) is 13.0 Å². The van der Waals surface area contributed by atoms with Crippen LogP contribution < -0.4 is 15.5 Å². The van der Waals surface area contributed by atoms with Crippen LogP contribution >= 0.6 is 23.2 Å². The minimum absolute atomic E-state index is 0.0314. The average Bonchev–Trinajstić information content (AvgIpc) is 2.71. The molecule has 2 rings (SSSR count). The number of halogens is 5. The summed E-state index contributed by atoms with van der Waals surface area (Å²) in [5.74, 6) is -0.948. The number of rotatable bonds is 9. The number of aryl methyl sites for hydroxylation is 1. The lowest BCUT2D eigenvalue weighted by molar-refractivity contribution is -0.274. The Morgan fingerprint density at radius 1 is 1.24 bits per heavy atom. The highest BCUT2D eigenvalue weighted by Crippen LogP contribution is 2.35. The second-order valence-corrected chi connectivity index (χ2v) is 7.61. The van der Waals surface area contributed by atoms with E-state index in [1.54, 1.807) is 12.1 Å². The summed E-state index contributed by atoms with van der Waals surface area (Å²) in [6.45, 7) is 3.15. The van der Waals surface area contributed by atoms with Crippen molar-refractivity contribution in [1.82, 2.24) is 10.8 Å². The minimum Gasteiger partial charge on any atom is -0.405 e. The normalized spacial score (nSPS) is 12.9. The van der Waals surface area contributed by atoms with Crippen molar-refractivity contribution >= 4 is 34.8 Å². The number of nitrogens with zero attached hydrogens (tertiary/aromatic N) is 1. The number of oxime groups is 1. The van der Waals surface area contributed by atoms with Gasteiger partial charge in [-0.2, -0.15) is 5.48 Å². The lowest BCUT2D eigenvalue weighted by Crippen LogP contribution is -2.36. The van der Waals surface area contributed by atoms with Gasteiger partial charge in [-0.3, -0.25) is 4.79 Å². The number of nitrogens with one attached hydrogen (secondary N) is 2. The van der Waals surface area contributed by atoms with Crippen LogP contribution in [-0.4, -0.2) is 32.1 Å². The molecule has 0 aromatic heterocycles. The zero-order valence-electron chi connectivity index (χ0n) is 18.1. The van der Waals surface area contributed by atoms with Crippen LogP contribution in [0.1, 0.15) is 35.2 Å². The third-order valence-electron chi connectivity index (χ3n) is 4.52. The van der Waals surface area contributed by atoms with Gasteiger partial charge in [0.05, 0.1) is 23.4 Å².